The van der Waals surface area contributed by atoms with Crippen LogP contribution in [0.2, 0.25) is 0 Å². The van der Waals surface area contributed by atoms with E-state index in [9.17, 15) is 4.39 Å². The van der Waals surface area contributed by atoms with Gasteiger partial charge in [-0.25, -0.2) is 9.37 Å². The van der Waals surface area contributed by atoms with Gasteiger partial charge in [-0.05, 0) is 36.8 Å². The number of ether oxygens (including phenoxy) is 1. The summed E-state index contributed by atoms with van der Waals surface area (Å²) >= 11 is 0. The Labute approximate surface area is 164 Å². The molecule has 0 spiro atoms. The molecule has 1 heterocycles. The highest BCUT2D eigenvalue weighted by Gasteiger charge is 2.06. The molecule has 6 nitrogen and oxygen atoms in total. The van der Waals surface area contributed by atoms with Crippen molar-refractivity contribution in [1.29, 1.82) is 0 Å². The third-order valence-electron chi connectivity index (χ3n) is 4.16. The summed E-state index contributed by atoms with van der Waals surface area (Å²) in [4.78, 5) is 8.11. The highest BCUT2D eigenvalue weighted by atomic mass is 19.1. The van der Waals surface area contributed by atoms with Crippen molar-refractivity contribution in [2.24, 2.45) is 4.99 Å². The lowest BCUT2D eigenvalue weighted by atomic mass is 10.2. The summed E-state index contributed by atoms with van der Waals surface area (Å²) in [5.41, 5.74) is 2.49. The Morgan fingerprint density at radius 2 is 2.00 bits per heavy atom. The van der Waals surface area contributed by atoms with Crippen LogP contribution in [0.1, 0.15) is 11.1 Å². The molecule has 1 aromatic heterocycles. The Kier molecular flexibility index (Phi) is 6.62. The van der Waals surface area contributed by atoms with Crippen molar-refractivity contribution >= 4 is 5.96 Å². The molecule has 2 N–H and O–H groups in total. The molecule has 0 unspecified atom stereocenters. The predicted molar refractivity (Wildman–Crippen MR) is 108 cm³/mol. The van der Waals surface area contributed by atoms with Gasteiger partial charge in [0.05, 0.1) is 18.6 Å². The van der Waals surface area contributed by atoms with Crippen molar-refractivity contribution in [1.82, 2.24) is 20.2 Å². The quantitative estimate of drug-likeness (QED) is 0.375. The molecule has 3 aromatic rings. The van der Waals surface area contributed by atoms with Crippen molar-refractivity contribution in [2.75, 3.05) is 20.2 Å². The number of nitrogens with one attached hydrogen (secondary N) is 2. The molecule has 0 atom stereocenters. The molecule has 3 rings (SSSR count). The second-order valence-corrected chi connectivity index (χ2v) is 6.27. The molecule has 7 heteroatoms. The van der Waals surface area contributed by atoms with E-state index in [0.717, 1.165) is 11.3 Å². The van der Waals surface area contributed by atoms with Crippen LogP contribution in [0.5, 0.6) is 5.75 Å². The summed E-state index contributed by atoms with van der Waals surface area (Å²) in [7, 11) is 1.69. The van der Waals surface area contributed by atoms with Crippen LogP contribution in [0.3, 0.4) is 0 Å². The van der Waals surface area contributed by atoms with E-state index in [1.54, 1.807) is 36.4 Å². The first kappa shape index (κ1) is 19.4. The number of guanidine groups is 1. The van der Waals surface area contributed by atoms with E-state index in [4.69, 9.17) is 4.74 Å². The molecule has 0 fully saturated rings. The van der Waals surface area contributed by atoms with Gasteiger partial charge in [0.15, 0.2) is 5.96 Å². The minimum absolute atomic E-state index is 0.299. The number of hydrogen-bond acceptors (Lipinski definition) is 3. The minimum atomic E-state index is -0.299. The number of aliphatic imine (C=N–C) groups is 1. The Morgan fingerprint density at radius 3 is 2.68 bits per heavy atom. The number of nitrogens with zero attached hydrogens (tertiary/aromatic N) is 3. The summed E-state index contributed by atoms with van der Waals surface area (Å²) in [5.74, 6) is 1.17. The van der Waals surface area contributed by atoms with E-state index >= 15 is 0 Å². The summed E-state index contributed by atoms with van der Waals surface area (Å²) < 4.78 is 21.6. The van der Waals surface area contributed by atoms with Crippen LogP contribution in [0, 0.1) is 12.7 Å². The van der Waals surface area contributed by atoms with Crippen LogP contribution in [0.4, 0.5) is 4.39 Å². The number of aromatic nitrogens is 2. The number of rotatable bonds is 7. The fourth-order valence-corrected chi connectivity index (χ4v) is 2.65. The molecule has 0 aliphatic heterocycles. The van der Waals surface area contributed by atoms with E-state index in [0.29, 0.717) is 31.3 Å². The highest BCUT2D eigenvalue weighted by Crippen LogP contribution is 2.15. The molecule has 146 valence electrons. The molecular formula is C21H24FN5O. The summed E-state index contributed by atoms with van der Waals surface area (Å²) in [6.45, 7) is 3.61. The third-order valence-corrected chi connectivity index (χ3v) is 4.16. The summed E-state index contributed by atoms with van der Waals surface area (Å²) in [6, 6.07) is 13.0. The molecule has 0 bridgehead atoms. The number of hydrogen-bond donors (Lipinski definition) is 2. The standard InChI is InChI=1S/C21H24FN5O/c1-16-3-6-18(7-4-16)28-12-10-25-21(23-2)26-14-17-5-8-20(19(22)13-17)27-11-9-24-15-27/h3-9,11,13,15H,10,12,14H2,1-2H3,(H2,23,25,26). The zero-order valence-electron chi connectivity index (χ0n) is 16.0. The summed E-state index contributed by atoms with van der Waals surface area (Å²) in [5, 5.41) is 6.35. The second kappa shape index (κ2) is 9.55. The van der Waals surface area contributed by atoms with Crippen molar-refractivity contribution in [3.05, 3.63) is 78.1 Å². The average Bonchev–Trinajstić information content (AvgIpc) is 3.23. The van der Waals surface area contributed by atoms with Gasteiger partial charge in [-0.3, -0.25) is 4.99 Å². The zero-order chi connectivity index (χ0) is 19.8. The fraction of sp³-hybridized carbons (Fsp3) is 0.238. The van der Waals surface area contributed by atoms with Crippen LogP contribution in [0.25, 0.3) is 5.69 Å². The normalized spacial score (nSPS) is 11.3. The van der Waals surface area contributed by atoms with Gasteiger partial charge in [-0.15, -0.1) is 0 Å². The van der Waals surface area contributed by atoms with Gasteiger partial charge < -0.3 is 19.9 Å². The van der Waals surface area contributed by atoms with Crippen LogP contribution in [0.15, 0.2) is 66.2 Å². The molecule has 0 saturated heterocycles. The third kappa shape index (κ3) is 5.33. The highest BCUT2D eigenvalue weighted by molar-refractivity contribution is 5.79. The van der Waals surface area contributed by atoms with Crippen LogP contribution >= 0.6 is 0 Å². The van der Waals surface area contributed by atoms with E-state index < -0.39 is 0 Å². The minimum Gasteiger partial charge on any atom is -0.492 e. The monoisotopic (exact) mass is 381 g/mol. The van der Waals surface area contributed by atoms with Gasteiger partial charge in [-0.1, -0.05) is 23.8 Å². The Balaban J connectivity index is 1.45. The lowest BCUT2D eigenvalue weighted by Gasteiger charge is -2.13. The van der Waals surface area contributed by atoms with Gasteiger partial charge in [0.1, 0.15) is 18.2 Å². The van der Waals surface area contributed by atoms with Gasteiger partial charge in [0.2, 0.25) is 0 Å². The van der Waals surface area contributed by atoms with Crippen molar-refractivity contribution < 1.29 is 9.13 Å². The molecule has 0 saturated carbocycles. The van der Waals surface area contributed by atoms with E-state index in [2.05, 4.69) is 20.6 Å². The average molecular weight is 381 g/mol. The maximum absolute atomic E-state index is 14.3. The largest absolute Gasteiger partial charge is 0.492 e. The lowest BCUT2D eigenvalue weighted by Crippen LogP contribution is -2.38. The van der Waals surface area contributed by atoms with Gasteiger partial charge in [0.25, 0.3) is 0 Å². The predicted octanol–water partition coefficient (Wildman–Crippen LogP) is 3.06. The Bertz CT molecular complexity index is 907. The number of imidazole rings is 1. The zero-order valence-corrected chi connectivity index (χ0v) is 16.0. The van der Waals surface area contributed by atoms with Crippen LogP contribution in [-0.4, -0.2) is 35.7 Å². The molecular weight excluding hydrogens is 357 g/mol. The molecule has 2 aromatic carbocycles. The summed E-state index contributed by atoms with van der Waals surface area (Å²) in [6.07, 6.45) is 4.90. The van der Waals surface area contributed by atoms with Gasteiger partial charge in [-0.2, -0.15) is 0 Å². The fourth-order valence-electron chi connectivity index (χ4n) is 2.65. The van der Waals surface area contributed by atoms with Crippen LogP contribution < -0.4 is 15.4 Å². The Hall–Kier alpha value is -3.35. The lowest BCUT2D eigenvalue weighted by molar-refractivity contribution is 0.322. The molecule has 0 radical (unpaired) electrons. The molecule has 0 aliphatic rings. The number of halogens is 1. The number of aryl methyl sites for hydroxylation is 1. The second-order valence-electron chi connectivity index (χ2n) is 6.27. The van der Waals surface area contributed by atoms with E-state index in [1.807, 2.05) is 37.3 Å². The smallest absolute Gasteiger partial charge is 0.191 e. The van der Waals surface area contributed by atoms with Gasteiger partial charge in [0, 0.05) is 26.0 Å². The SMILES string of the molecule is CN=C(NCCOc1ccc(C)cc1)NCc1ccc(-n2ccnc2)c(F)c1. The van der Waals surface area contributed by atoms with E-state index in [-0.39, 0.29) is 5.82 Å². The molecule has 0 aliphatic carbocycles. The molecule has 0 amide bonds. The van der Waals surface area contributed by atoms with Crippen molar-refractivity contribution in [3.63, 3.8) is 0 Å². The number of benzene rings is 2. The first-order valence-corrected chi connectivity index (χ1v) is 9.06. The van der Waals surface area contributed by atoms with E-state index in [1.165, 1.54) is 11.6 Å². The van der Waals surface area contributed by atoms with Crippen molar-refractivity contribution in [2.45, 2.75) is 13.5 Å². The first-order valence-electron chi connectivity index (χ1n) is 9.06. The van der Waals surface area contributed by atoms with Gasteiger partial charge >= 0.3 is 0 Å². The maximum Gasteiger partial charge on any atom is 0.191 e. The Morgan fingerprint density at radius 1 is 1.18 bits per heavy atom. The first-order chi connectivity index (χ1) is 13.7. The topological polar surface area (TPSA) is 63.5 Å². The maximum atomic E-state index is 14.3. The van der Waals surface area contributed by atoms with Crippen molar-refractivity contribution in [3.8, 4) is 11.4 Å². The van der Waals surface area contributed by atoms with Crippen LogP contribution in [-0.2, 0) is 6.54 Å². The molecule has 28 heavy (non-hydrogen) atoms.